The Balaban J connectivity index is 2.67. The summed E-state index contributed by atoms with van der Waals surface area (Å²) >= 11 is 16.4. The molecule has 1 aliphatic rings. The van der Waals surface area contributed by atoms with E-state index in [0.717, 1.165) is 11.5 Å². The number of hydrogen-bond donors (Lipinski definition) is 1. The van der Waals surface area contributed by atoms with Gasteiger partial charge in [-0.1, -0.05) is 29.9 Å². The third kappa shape index (κ3) is 2.54. The van der Waals surface area contributed by atoms with Crippen molar-refractivity contribution < 1.29 is 0 Å². The van der Waals surface area contributed by atoms with Crippen LogP contribution in [-0.4, -0.2) is 16.5 Å². The zero-order valence-corrected chi connectivity index (χ0v) is 8.72. The summed E-state index contributed by atoms with van der Waals surface area (Å²) in [6, 6.07) is 0. The van der Waals surface area contributed by atoms with Crippen molar-refractivity contribution in [3.63, 3.8) is 0 Å². The molecule has 0 fully saturated rings. The van der Waals surface area contributed by atoms with Gasteiger partial charge < -0.3 is 5.41 Å². The van der Waals surface area contributed by atoms with Crippen LogP contribution in [0.1, 0.15) is 12.8 Å². The smallest absolute Gasteiger partial charge is 0.0536 e. The van der Waals surface area contributed by atoms with Gasteiger partial charge in [-0.25, -0.2) is 0 Å². The summed E-state index contributed by atoms with van der Waals surface area (Å²) in [6.45, 7) is 0. The predicted octanol–water partition coefficient (Wildman–Crippen LogP) is 3.15. The van der Waals surface area contributed by atoms with Gasteiger partial charge in [0.1, 0.15) is 0 Å². The molecule has 2 atom stereocenters. The highest BCUT2D eigenvalue weighted by molar-refractivity contribution is 7.80. The fraction of sp³-hybridized carbons (Fsp3) is 0.500. The van der Waals surface area contributed by atoms with Crippen molar-refractivity contribution in [2.45, 2.75) is 18.2 Å². The van der Waals surface area contributed by atoms with Gasteiger partial charge in [0.25, 0.3) is 0 Å². The van der Waals surface area contributed by atoms with Crippen molar-refractivity contribution in [2.24, 2.45) is 5.92 Å². The lowest BCUT2D eigenvalue weighted by molar-refractivity contribution is 0.618. The van der Waals surface area contributed by atoms with E-state index in [0.29, 0.717) is 12.1 Å². The van der Waals surface area contributed by atoms with E-state index in [-0.39, 0.29) is 11.3 Å². The minimum Gasteiger partial charge on any atom is -0.304 e. The van der Waals surface area contributed by atoms with E-state index >= 15 is 0 Å². The van der Waals surface area contributed by atoms with Crippen molar-refractivity contribution in [3.05, 3.63) is 11.1 Å². The molecule has 0 aromatic carbocycles. The fourth-order valence-corrected chi connectivity index (χ4v) is 2.22. The Labute approximate surface area is 87.2 Å². The Morgan fingerprint density at radius 1 is 1.75 bits per heavy atom. The van der Waals surface area contributed by atoms with Crippen LogP contribution in [0.2, 0.25) is 0 Å². The monoisotopic (exact) mass is 221 g/mol. The van der Waals surface area contributed by atoms with Crippen molar-refractivity contribution in [1.29, 1.82) is 5.41 Å². The van der Waals surface area contributed by atoms with Crippen molar-refractivity contribution in [3.8, 4) is 0 Å². The molecule has 12 heavy (non-hydrogen) atoms. The largest absolute Gasteiger partial charge is 0.304 e. The van der Waals surface area contributed by atoms with Crippen LogP contribution in [0.15, 0.2) is 11.1 Å². The number of nitrogens with one attached hydrogen (secondary N) is 1. The molecule has 0 bridgehead atoms. The standard InChI is InChI=1S/C8H9Cl2NS/c9-6-1-5(8(11)4-12)2-7(10)3-6/h3-6,11H,1-2H2. The summed E-state index contributed by atoms with van der Waals surface area (Å²) in [5.41, 5.74) is 0.460. The maximum absolute atomic E-state index is 7.51. The molecule has 1 N–H and O–H groups in total. The maximum Gasteiger partial charge on any atom is 0.0536 e. The zero-order chi connectivity index (χ0) is 9.14. The summed E-state index contributed by atoms with van der Waals surface area (Å²) in [5, 5.41) is 9.59. The van der Waals surface area contributed by atoms with Gasteiger partial charge in [-0.05, 0) is 12.8 Å². The second-order valence-electron chi connectivity index (χ2n) is 2.84. The third-order valence-corrected chi connectivity index (χ3v) is 2.72. The van der Waals surface area contributed by atoms with Gasteiger partial charge in [0.15, 0.2) is 0 Å². The molecular formula is C8H9Cl2NS. The van der Waals surface area contributed by atoms with E-state index in [1.165, 1.54) is 5.37 Å². The second-order valence-corrected chi connectivity index (χ2v) is 4.12. The minimum atomic E-state index is -0.0495. The first-order valence-corrected chi connectivity index (χ1v) is 4.96. The Hall–Kier alpha value is 0.0800. The summed E-state index contributed by atoms with van der Waals surface area (Å²) in [4.78, 5) is 0. The lowest BCUT2D eigenvalue weighted by Gasteiger charge is -2.21. The van der Waals surface area contributed by atoms with Crippen LogP contribution in [0.25, 0.3) is 0 Å². The maximum atomic E-state index is 7.51. The normalized spacial score (nSPS) is 29.3. The molecule has 0 radical (unpaired) electrons. The Morgan fingerprint density at radius 3 is 2.92 bits per heavy atom. The average Bonchev–Trinajstić information content (AvgIpc) is 2.01. The fourth-order valence-electron chi connectivity index (χ4n) is 1.26. The Bertz CT molecular complexity index is 237. The van der Waals surface area contributed by atoms with Crippen molar-refractivity contribution in [2.75, 3.05) is 0 Å². The van der Waals surface area contributed by atoms with Gasteiger partial charge >= 0.3 is 0 Å². The van der Waals surface area contributed by atoms with Gasteiger partial charge in [0.2, 0.25) is 0 Å². The Kier molecular flexibility index (Phi) is 3.69. The number of allylic oxidation sites excluding steroid dienone is 2. The molecule has 66 valence electrons. The summed E-state index contributed by atoms with van der Waals surface area (Å²) in [7, 11) is 0. The summed E-state index contributed by atoms with van der Waals surface area (Å²) in [6.07, 6.45) is 3.30. The van der Waals surface area contributed by atoms with Crippen LogP contribution in [-0.2, 0) is 0 Å². The third-order valence-electron chi connectivity index (χ3n) is 1.88. The van der Waals surface area contributed by atoms with E-state index in [4.69, 9.17) is 28.6 Å². The second kappa shape index (κ2) is 4.35. The van der Waals surface area contributed by atoms with Crippen molar-refractivity contribution >= 4 is 46.5 Å². The van der Waals surface area contributed by atoms with Gasteiger partial charge in [0, 0.05) is 22.0 Å². The quantitative estimate of drug-likeness (QED) is 0.433. The molecule has 0 aliphatic heterocycles. The molecule has 0 saturated carbocycles. The molecule has 2 unspecified atom stereocenters. The van der Waals surface area contributed by atoms with Crippen LogP contribution in [0.4, 0.5) is 0 Å². The van der Waals surface area contributed by atoms with Gasteiger partial charge in [0.05, 0.1) is 5.38 Å². The van der Waals surface area contributed by atoms with Crippen LogP contribution in [0, 0.1) is 11.3 Å². The Morgan fingerprint density at radius 2 is 2.42 bits per heavy atom. The number of halogens is 2. The molecule has 0 spiro atoms. The van der Waals surface area contributed by atoms with Crippen LogP contribution in [0.3, 0.4) is 0 Å². The molecule has 4 heteroatoms. The molecule has 0 heterocycles. The summed E-state index contributed by atoms with van der Waals surface area (Å²) in [5.74, 6) is 0.113. The first-order valence-electron chi connectivity index (χ1n) is 3.67. The average molecular weight is 222 g/mol. The highest BCUT2D eigenvalue weighted by Crippen LogP contribution is 2.29. The van der Waals surface area contributed by atoms with Crippen LogP contribution < -0.4 is 0 Å². The molecule has 0 aromatic heterocycles. The van der Waals surface area contributed by atoms with E-state index in [2.05, 4.69) is 12.2 Å². The predicted molar refractivity (Wildman–Crippen MR) is 57.7 cm³/mol. The van der Waals surface area contributed by atoms with E-state index in [1.807, 2.05) is 6.08 Å². The highest BCUT2D eigenvalue weighted by atomic mass is 35.5. The van der Waals surface area contributed by atoms with Gasteiger partial charge in [-0.15, -0.1) is 11.6 Å². The van der Waals surface area contributed by atoms with Gasteiger partial charge in [-0.3, -0.25) is 0 Å². The van der Waals surface area contributed by atoms with Crippen LogP contribution >= 0.6 is 35.4 Å². The molecule has 0 saturated heterocycles. The number of thiocarbonyl (C=S) groups is 1. The molecule has 1 rings (SSSR count). The molecule has 0 amide bonds. The minimum absolute atomic E-state index is 0.0495. The number of hydrogen-bond acceptors (Lipinski definition) is 2. The van der Waals surface area contributed by atoms with E-state index in [9.17, 15) is 0 Å². The topological polar surface area (TPSA) is 23.9 Å². The number of alkyl halides is 1. The SMILES string of the molecule is N=C(C=S)C1CC(Cl)=CC(Cl)C1. The van der Waals surface area contributed by atoms with E-state index in [1.54, 1.807) is 0 Å². The van der Waals surface area contributed by atoms with E-state index < -0.39 is 0 Å². The first-order chi connectivity index (χ1) is 5.63. The molecule has 0 aromatic rings. The lowest BCUT2D eigenvalue weighted by atomic mass is 9.90. The van der Waals surface area contributed by atoms with Crippen molar-refractivity contribution in [1.82, 2.24) is 0 Å². The summed E-state index contributed by atoms with van der Waals surface area (Å²) < 4.78 is 0. The zero-order valence-electron chi connectivity index (χ0n) is 6.39. The molecule has 1 nitrogen and oxygen atoms in total. The first kappa shape index (κ1) is 10.2. The lowest BCUT2D eigenvalue weighted by Crippen LogP contribution is -2.21. The highest BCUT2D eigenvalue weighted by Gasteiger charge is 2.22. The molecular weight excluding hydrogens is 213 g/mol. The number of rotatable bonds is 2. The molecule has 1 aliphatic carbocycles. The van der Waals surface area contributed by atoms with Gasteiger partial charge in [-0.2, -0.15) is 0 Å². The van der Waals surface area contributed by atoms with Crippen LogP contribution in [0.5, 0.6) is 0 Å².